The van der Waals surface area contributed by atoms with Gasteiger partial charge in [-0.1, -0.05) is 0 Å². The van der Waals surface area contributed by atoms with Gasteiger partial charge in [0.1, 0.15) is 0 Å². The molecule has 0 aliphatic rings. The summed E-state index contributed by atoms with van der Waals surface area (Å²) in [5, 5.41) is 10.9. The molecule has 2 aromatic carbocycles. The van der Waals surface area contributed by atoms with Crippen molar-refractivity contribution in [2.75, 3.05) is 10.6 Å². The second-order valence-electron chi connectivity index (χ2n) is 5.33. The summed E-state index contributed by atoms with van der Waals surface area (Å²) in [4.78, 5) is 10.8. The number of nitrogens with two attached hydrogens (primary N) is 1. The molecule has 0 atom stereocenters. The predicted octanol–water partition coefficient (Wildman–Crippen LogP) is 0.968. The van der Waals surface area contributed by atoms with Crippen molar-refractivity contribution < 1.29 is 21.6 Å². The van der Waals surface area contributed by atoms with Gasteiger partial charge < -0.3 is 10.6 Å². The maximum Gasteiger partial charge on any atom is 0.264 e. The number of primary sulfonamides is 1. The number of hydrogen-bond acceptors (Lipinski definition) is 6. The second-order valence-corrected chi connectivity index (χ2v) is 8.99. The van der Waals surface area contributed by atoms with E-state index >= 15 is 0 Å². The first kappa shape index (κ1) is 20.8. The van der Waals surface area contributed by atoms with Crippen LogP contribution in [-0.2, 0) is 24.8 Å². The molecule has 0 aromatic heterocycles. The minimum Gasteiger partial charge on any atom is -0.332 e. The molecule has 0 radical (unpaired) electrons. The zero-order valence-electron chi connectivity index (χ0n) is 14.0. The Balaban J connectivity index is 2.03. The third kappa shape index (κ3) is 5.99. The van der Waals surface area contributed by atoms with Crippen LogP contribution in [-0.4, -0.2) is 27.9 Å². The smallest absolute Gasteiger partial charge is 0.264 e. The average Bonchev–Trinajstić information content (AvgIpc) is 2.53. The van der Waals surface area contributed by atoms with E-state index in [9.17, 15) is 21.6 Å². The third-order valence-electron chi connectivity index (χ3n) is 3.14. The first-order valence-corrected chi connectivity index (χ1v) is 10.8. The molecule has 0 aliphatic carbocycles. The number of anilines is 2. The van der Waals surface area contributed by atoms with E-state index in [-0.39, 0.29) is 14.9 Å². The van der Waals surface area contributed by atoms with Gasteiger partial charge in [-0.3, -0.25) is 4.79 Å². The van der Waals surface area contributed by atoms with Crippen molar-refractivity contribution in [3.8, 4) is 0 Å². The third-order valence-corrected chi connectivity index (χ3v) is 5.72. The van der Waals surface area contributed by atoms with E-state index < -0.39 is 26.0 Å². The molecule has 0 unspecified atom stereocenters. The van der Waals surface area contributed by atoms with E-state index in [1.165, 1.54) is 48.5 Å². The van der Waals surface area contributed by atoms with Gasteiger partial charge in [-0.25, -0.2) is 26.7 Å². The second kappa shape index (κ2) is 8.00. The Bertz CT molecular complexity index is 1060. The zero-order valence-corrected chi connectivity index (χ0v) is 16.4. The van der Waals surface area contributed by atoms with Crippen molar-refractivity contribution in [2.45, 2.75) is 16.7 Å². The summed E-state index contributed by atoms with van der Waals surface area (Å²) in [6.07, 6.45) is 0. The molecule has 9 nitrogen and oxygen atoms in total. The monoisotopic (exact) mass is 428 g/mol. The number of nitrogens with one attached hydrogen (secondary N) is 3. The minimum absolute atomic E-state index is 0.0251. The predicted molar refractivity (Wildman–Crippen MR) is 105 cm³/mol. The Morgan fingerprint density at radius 2 is 1.26 bits per heavy atom. The van der Waals surface area contributed by atoms with Crippen LogP contribution in [0.15, 0.2) is 58.3 Å². The number of amides is 1. The first-order chi connectivity index (χ1) is 12.5. The molecule has 0 bridgehead atoms. The van der Waals surface area contributed by atoms with E-state index in [2.05, 4.69) is 10.6 Å². The van der Waals surface area contributed by atoms with E-state index in [4.69, 9.17) is 17.4 Å². The molecule has 0 saturated carbocycles. The highest BCUT2D eigenvalue weighted by molar-refractivity contribution is 7.90. The molecule has 27 heavy (non-hydrogen) atoms. The van der Waals surface area contributed by atoms with Crippen LogP contribution in [0.1, 0.15) is 6.92 Å². The molecule has 0 saturated heterocycles. The van der Waals surface area contributed by atoms with Gasteiger partial charge in [-0.2, -0.15) is 0 Å². The summed E-state index contributed by atoms with van der Waals surface area (Å²) in [5.74, 6) is -0.684. The fraction of sp³-hybridized carbons (Fsp3) is 0.0667. The summed E-state index contributed by atoms with van der Waals surface area (Å²) < 4.78 is 48.0. The number of carbonyl (C=O) groups excluding carboxylic acids is 1. The van der Waals surface area contributed by atoms with Crippen LogP contribution < -0.4 is 20.5 Å². The first-order valence-electron chi connectivity index (χ1n) is 7.32. The van der Waals surface area contributed by atoms with Crippen molar-refractivity contribution in [1.29, 1.82) is 0 Å². The molecule has 0 fully saturated rings. The minimum atomic E-state index is -3.90. The Morgan fingerprint density at radius 3 is 1.63 bits per heavy atom. The summed E-state index contributed by atoms with van der Waals surface area (Å²) in [7, 11) is -7.68. The molecule has 144 valence electrons. The van der Waals surface area contributed by atoms with Gasteiger partial charge in [-0.15, -0.1) is 0 Å². The standard InChI is InChI=1S/C15H16N4O5S3/c1-10(20)19-27(23,24)14-8-4-12(5-9-14)18-15(25)17-11-2-6-13(7-3-11)26(16,21)22/h2-9H,1H3,(H,19,20)(H2,16,21,22)(H2,17,18,25). The number of rotatable bonds is 5. The molecule has 0 aliphatic heterocycles. The molecule has 2 rings (SSSR count). The highest BCUT2D eigenvalue weighted by Crippen LogP contribution is 2.16. The van der Waals surface area contributed by atoms with Crippen LogP contribution in [0.2, 0.25) is 0 Å². The Labute approximate surface area is 162 Å². The topological polar surface area (TPSA) is 147 Å². The van der Waals surface area contributed by atoms with Gasteiger partial charge in [0, 0.05) is 18.3 Å². The SMILES string of the molecule is CC(=O)NS(=O)(=O)c1ccc(NC(=S)Nc2ccc(S(N)(=O)=O)cc2)cc1. The lowest BCUT2D eigenvalue weighted by Crippen LogP contribution is -2.28. The summed E-state index contributed by atoms with van der Waals surface area (Å²) in [5.41, 5.74) is 1.04. The van der Waals surface area contributed by atoms with Gasteiger partial charge in [0.05, 0.1) is 9.79 Å². The average molecular weight is 429 g/mol. The van der Waals surface area contributed by atoms with Crippen LogP contribution in [0, 0.1) is 0 Å². The van der Waals surface area contributed by atoms with Crippen molar-refractivity contribution in [3.63, 3.8) is 0 Å². The van der Waals surface area contributed by atoms with Gasteiger partial charge in [0.15, 0.2) is 5.11 Å². The molecule has 12 heteroatoms. The fourth-order valence-corrected chi connectivity index (χ4v) is 3.73. The van der Waals surface area contributed by atoms with Gasteiger partial charge in [-0.05, 0) is 60.7 Å². The van der Waals surface area contributed by atoms with Crippen molar-refractivity contribution in [1.82, 2.24) is 4.72 Å². The van der Waals surface area contributed by atoms with Crippen LogP contribution in [0.5, 0.6) is 0 Å². The Morgan fingerprint density at radius 1 is 0.852 bits per heavy atom. The number of benzene rings is 2. The van der Waals surface area contributed by atoms with Crippen LogP contribution >= 0.6 is 12.2 Å². The van der Waals surface area contributed by atoms with E-state index in [0.717, 1.165) is 6.92 Å². The quantitative estimate of drug-likeness (QED) is 0.515. The Hall–Kier alpha value is -2.54. The lowest BCUT2D eigenvalue weighted by atomic mass is 10.3. The molecule has 2 aromatic rings. The maximum absolute atomic E-state index is 11.9. The molecule has 5 N–H and O–H groups in total. The molecular weight excluding hydrogens is 412 g/mol. The molecular formula is C15H16N4O5S3. The summed E-state index contributed by atoms with van der Waals surface area (Å²) in [6, 6.07) is 11.3. The normalized spacial score (nSPS) is 11.5. The lowest BCUT2D eigenvalue weighted by molar-refractivity contribution is -0.117. The van der Waals surface area contributed by atoms with E-state index in [1.54, 1.807) is 0 Å². The fourth-order valence-electron chi connectivity index (χ4n) is 1.99. The molecule has 0 spiro atoms. The van der Waals surface area contributed by atoms with Gasteiger partial charge in [0.2, 0.25) is 15.9 Å². The largest absolute Gasteiger partial charge is 0.332 e. The van der Waals surface area contributed by atoms with E-state index in [0.29, 0.717) is 11.4 Å². The highest BCUT2D eigenvalue weighted by atomic mass is 32.2. The number of sulfonamides is 2. The number of carbonyl (C=O) groups is 1. The summed E-state index contributed by atoms with van der Waals surface area (Å²) in [6.45, 7) is 1.10. The van der Waals surface area contributed by atoms with Crippen LogP contribution in [0.3, 0.4) is 0 Å². The molecule has 0 heterocycles. The number of thiocarbonyl (C=S) groups is 1. The van der Waals surface area contributed by atoms with Gasteiger partial charge in [0.25, 0.3) is 10.0 Å². The van der Waals surface area contributed by atoms with Crippen molar-refractivity contribution >= 4 is 54.7 Å². The van der Waals surface area contributed by atoms with Crippen molar-refractivity contribution in [2.24, 2.45) is 5.14 Å². The highest BCUT2D eigenvalue weighted by Gasteiger charge is 2.15. The van der Waals surface area contributed by atoms with Gasteiger partial charge >= 0.3 is 0 Å². The molecule has 1 amide bonds. The maximum atomic E-state index is 11.9. The van der Waals surface area contributed by atoms with E-state index in [1.807, 2.05) is 4.72 Å². The Kier molecular flexibility index (Phi) is 6.15. The number of hydrogen-bond donors (Lipinski definition) is 4. The van der Waals surface area contributed by atoms with Crippen LogP contribution in [0.4, 0.5) is 11.4 Å². The zero-order chi connectivity index (χ0) is 20.2. The lowest BCUT2D eigenvalue weighted by Gasteiger charge is -2.11. The van der Waals surface area contributed by atoms with Crippen LogP contribution in [0.25, 0.3) is 0 Å². The van der Waals surface area contributed by atoms with Crippen molar-refractivity contribution in [3.05, 3.63) is 48.5 Å². The summed E-state index contributed by atoms with van der Waals surface area (Å²) >= 11 is 5.15.